The Balaban J connectivity index is 1.61. The molecule has 140 valence electrons. The zero-order chi connectivity index (χ0) is 19.7. The van der Waals surface area contributed by atoms with Gasteiger partial charge < -0.3 is 10.2 Å². The van der Waals surface area contributed by atoms with E-state index < -0.39 is 11.7 Å². The molecular weight excluding hydrogens is 355 g/mol. The lowest BCUT2D eigenvalue weighted by Gasteiger charge is -2.12. The van der Waals surface area contributed by atoms with Gasteiger partial charge in [-0.15, -0.1) is 0 Å². The Morgan fingerprint density at radius 1 is 1.00 bits per heavy atom. The van der Waals surface area contributed by atoms with E-state index >= 15 is 0 Å². The van der Waals surface area contributed by atoms with Gasteiger partial charge in [-0.05, 0) is 47.5 Å². The number of carbonyl (C=O) groups excluding carboxylic acids is 1. The van der Waals surface area contributed by atoms with Crippen LogP contribution in [0, 0.1) is 5.82 Å². The number of H-pyrrole nitrogens is 1. The van der Waals surface area contributed by atoms with Crippen molar-refractivity contribution in [1.82, 2.24) is 10.2 Å². The van der Waals surface area contributed by atoms with Crippen LogP contribution in [0.15, 0.2) is 66.7 Å². The maximum absolute atomic E-state index is 13.8. The average Bonchev–Trinajstić information content (AvgIpc) is 3.10. The molecule has 0 radical (unpaired) electrons. The first-order valence-corrected chi connectivity index (χ1v) is 8.85. The second kappa shape index (κ2) is 7.15. The number of benzene rings is 3. The van der Waals surface area contributed by atoms with Crippen molar-refractivity contribution in [3.63, 3.8) is 0 Å². The standard InChI is InChI=1S/C22H19FN4O/c1-27(2)16-10-7-14(8-11-16)15-9-12-18-20(13-15)25-26-21(18)24-22(28)17-5-3-4-6-19(17)23/h3-13H,1-2H3,(H2,24,25,26,28). The Bertz CT molecular complexity index is 1150. The van der Waals surface area contributed by atoms with Gasteiger partial charge in [-0.25, -0.2) is 4.39 Å². The van der Waals surface area contributed by atoms with Crippen LogP contribution in [-0.2, 0) is 0 Å². The highest BCUT2D eigenvalue weighted by atomic mass is 19.1. The van der Waals surface area contributed by atoms with Crippen molar-refractivity contribution < 1.29 is 9.18 Å². The molecule has 0 fully saturated rings. The fraction of sp³-hybridized carbons (Fsp3) is 0.0909. The summed E-state index contributed by atoms with van der Waals surface area (Å²) in [4.78, 5) is 14.4. The van der Waals surface area contributed by atoms with Gasteiger partial charge in [0.05, 0.1) is 11.1 Å². The number of hydrogen-bond acceptors (Lipinski definition) is 3. The molecular formula is C22H19FN4O. The van der Waals surface area contributed by atoms with Gasteiger partial charge in [-0.2, -0.15) is 5.10 Å². The van der Waals surface area contributed by atoms with E-state index in [9.17, 15) is 9.18 Å². The van der Waals surface area contributed by atoms with Gasteiger partial charge in [0.2, 0.25) is 0 Å². The van der Waals surface area contributed by atoms with Gasteiger partial charge in [0.1, 0.15) is 5.82 Å². The largest absolute Gasteiger partial charge is 0.378 e. The molecule has 3 aromatic carbocycles. The molecule has 1 amide bonds. The maximum Gasteiger partial charge on any atom is 0.259 e. The molecule has 4 rings (SSSR count). The molecule has 5 nitrogen and oxygen atoms in total. The third-order valence-corrected chi connectivity index (χ3v) is 4.63. The van der Waals surface area contributed by atoms with Gasteiger partial charge in [-0.3, -0.25) is 9.89 Å². The summed E-state index contributed by atoms with van der Waals surface area (Å²) in [5.74, 6) is -0.726. The van der Waals surface area contributed by atoms with Crippen LogP contribution in [0.25, 0.3) is 22.0 Å². The van der Waals surface area contributed by atoms with Crippen LogP contribution in [0.2, 0.25) is 0 Å². The van der Waals surface area contributed by atoms with Gasteiger partial charge in [0, 0.05) is 25.2 Å². The van der Waals surface area contributed by atoms with Crippen molar-refractivity contribution in [3.05, 3.63) is 78.1 Å². The predicted octanol–water partition coefficient (Wildman–Crippen LogP) is 4.69. The molecule has 0 atom stereocenters. The summed E-state index contributed by atoms with van der Waals surface area (Å²) >= 11 is 0. The Morgan fingerprint density at radius 2 is 1.71 bits per heavy atom. The van der Waals surface area contributed by atoms with Crippen molar-refractivity contribution in [3.8, 4) is 11.1 Å². The van der Waals surface area contributed by atoms with E-state index in [2.05, 4.69) is 39.8 Å². The van der Waals surface area contributed by atoms with Gasteiger partial charge >= 0.3 is 0 Å². The first kappa shape index (κ1) is 17.7. The molecule has 0 saturated carbocycles. The smallest absolute Gasteiger partial charge is 0.259 e. The van der Waals surface area contributed by atoms with Crippen LogP contribution in [-0.4, -0.2) is 30.2 Å². The number of anilines is 2. The summed E-state index contributed by atoms with van der Waals surface area (Å²) in [6, 6.07) is 20.0. The van der Waals surface area contributed by atoms with Crippen LogP contribution < -0.4 is 10.2 Å². The summed E-state index contributed by atoms with van der Waals surface area (Å²) in [5, 5.41) is 10.5. The van der Waals surface area contributed by atoms with E-state index in [4.69, 9.17) is 0 Å². The Hall–Kier alpha value is -3.67. The number of nitrogens with zero attached hydrogens (tertiary/aromatic N) is 2. The molecule has 0 spiro atoms. The molecule has 2 N–H and O–H groups in total. The fourth-order valence-corrected chi connectivity index (χ4v) is 3.07. The minimum atomic E-state index is -0.566. The summed E-state index contributed by atoms with van der Waals surface area (Å²) in [6.07, 6.45) is 0. The molecule has 1 aromatic heterocycles. The first-order valence-electron chi connectivity index (χ1n) is 8.85. The first-order chi connectivity index (χ1) is 13.5. The van der Waals surface area contributed by atoms with Gasteiger partial charge in [-0.1, -0.05) is 30.3 Å². The molecule has 6 heteroatoms. The molecule has 4 aromatic rings. The number of hydrogen-bond donors (Lipinski definition) is 2. The van der Waals surface area contributed by atoms with Gasteiger partial charge in [0.25, 0.3) is 5.91 Å². The van der Waals surface area contributed by atoms with E-state index in [1.54, 1.807) is 12.1 Å². The molecule has 0 aliphatic heterocycles. The normalized spacial score (nSPS) is 10.8. The summed E-state index contributed by atoms with van der Waals surface area (Å²) in [5.41, 5.74) is 4.02. The number of halogens is 1. The number of aromatic amines is 1. The maximum atomic E-state index is 13.8. The van der Waals surface area contributed by atoms with Crippen molar-refractivity contribution in [2.45, 2.75) is 0 Å². The van der Waals surface area contributed by atoms with Crippen LogP contribution in [0.5, 0.6) is 0 Å². The van der Waals surface area contributed by atoms with Crippen LogP contribution in [0.4, 0.5) is 15.9 Å². The minimum Gasteiger partial charge on any atom is -0.378 e. The third kappa shape index (κ3) is 3.32. The topological polar surface area (TPSA) is 61.0 Å². The zero-order valence-electron chi connectivity index (χ0n) is 15.5. The van der Waals surface area contributed by atoms with Crippen molar-refractivity contribution in [2.75, 3.05) is 24.3 Å². The lowest BCUT2D eigenvalue weighted by molar-refractivity contribution is 0.102. The number of fused-ring (bicyclic) bond motifs is 1. The molecule has 0 saturated heterocycles. The lowest BCUT2D eigenvalue weighted by atomic mass is 10.0. The molecule has 0 unspecified atom stereocenters. The Labute approximate surface area is 161 Å². The van der Waals surface area contributed by atoms with E-state index in [-0.39, 0.29) is 5.56 Å². The number of aromatic nitrogens is 2. The molecule has 0 aliphatic carbocycles. The van der Waals surface area contributed by atoms with Crippen LogP contribution in [0.1, 0.15) is 10.4 Å². The minimum absolute atomic E-state index is 0.0174. The van der Waals surface area contributed by atoms with Crippen LogP contribution in [0.3, 0.4) is 0 Å². The number of rotatable bonds is 4. The third-order valence-electron chi connectivity index (χ3n) is 4.63. The second-order valence-electron chi connectivity index (χ2n) is 6.71. The zero-order valence-corrected chi connectivity index (χ0v) is 15.5. The summed E-state index contributed by atoms with van der Waals surface area (Å²) < 4.78 is 13.8. The average molecular weight is 374 g/mol. The summed E-state index contributed by atoms with van der Waals surface area (Å²) in [6.45, 7) is 0. The SMILES string of the molecule is CN(C)c1ccc(-c2ccc3c(NC(=O)c4ccccc4F)n[nH]c3c2)cc1. The summed E-state index contributed by atoms with van der Waals surface area (Å²) in [7, 11) is 4.01. The highest BCUT2D eigenvalue weighted by Crippen LogP contribution is 2.28. The van der Waals surface area contributed by atoms with Crippen molar-refractivity contribution in [2.24, 2.45) is 0 Å². The molecule has 1 heterocycles. The van der Waals surface area contributed by atoms with Gasteiger partial charge in [0.15, 0.2) is 5.82 Å². The fourth-order valence-electron chi connectivity index (χ4n) is 3.07. The second-order valence-corrected chi connectivity index (χ2v) is 6.71. The van der Waals surface area contributed by atoms with E-state index in [0.29, 0.717) is 5.82 Å². The molecule has 28 heavy (non-hydrogen) atoms. The monoisotopic (exact) mass is 374 g/mol. The van der Waals surface area contributed by atoms with E-state index in [0.717, 1.165) is 27.7 Å². The van der Waals surface area contributed by atoms with Crippen molar-refractivity contribution >= 4 is 28.3 Å². The number of amides is 1. The molecule has 0 bridgehead atoms. The molecule has 0 aliphatic rings. The van der Waals surface area contributed by atoms with Crippen LogP contribution >= 0.6 is 0 Å². The van der Waals surface area contributed by atoms with E-state index in [1.165, 1.54) is 12.1 Å². The predicted molar refractivity (Wildman–Crippen MR) is 110 cm³/mol. The quantitative estimate of drug-likeness (QED) is 0.545. The Morgan fingerprint density at radius 3 is 2.43 bits per heavy atom. The highest BCUT2D eigenvalue weighted by Gasteiger charge is 2.14. The number of nitrogens with one attached hydrogen (secondary N) is 2. The van der Waals surface area contributed by atoms with Crippen molar-refractivity contribution in [1.29, 1.82) is 0 Å². The van der Waals surface area contributed by atoms with E-state index in [1.807, 2.05) is 37.2 Å². The Kier molecular flexibility index (Phi) is 4.53. The lowest BCUT2D eigenvalue weighted by Crippen LogP contribution is -2.14. The highest BCUT2D eigenvalue weighted by molar-refractivity contribution is 6.08. The number of carbonyl (C=O) groups is 1.